The maximum absolute atomic E-state index is 11.2. The summed E-state index contributed by atoms with van der Waals surface area (Å²) in [5.74, 6) is -0.994. The normalized spacial score (nSPS) is 10.6. The van der Waals surface area contributed by atoms with E-state index >= 15 is 0 Å². The molecule has 9 heteroatoms. The molecule has 0 unspecified atom stereocenters. The molecule has 0 spiro atoms. The number of likely N-dealkylation sites (N-methyl/N-ethyl adjacent to an activating group) is 1. The van der Waals surface area contributed by atoms with Crippen molar-refractivity contribution in [3.63, 3.8) is 0 Å². The number of nitro groups is 1. The Labute approximate surface area is 149 Å². The van der Waals surface area contributed by atoms with E-state index in [4.69, 9.17) is 14.6 Å². The second kappa shape index (κ2) is 8.26. The minimum Gasteiger partial charge on any atom is -0.488 e. The number of aromatic carboxylic acids is 1. The van der Waals surface area contributed by atoms with Gasteiger partial charge in [0.05, 0.1) is 10.5 Å². The van der Waals surface area contributed by atoms with E-state index in [0.717, 1.165) is 0 Å². The van der Waals surface area contributed by atoms with Gasteiger partial charge in [-0.2, -0.15) is 0 Å². The van der Waals surface area contributed by atoms with Gasteiger partial charge in [-0.25, -0.2) is 9.78 Å². The Morgan fingerprint density at radius 2 is 2.04 bits per heavy atom. The Morgan fingerprint density at radius 1 is 1.31 bits per heavy atom. The number of pyridine rings is 1. The highest BCUT2D eigenvalue weighted by Gasteiger charge is 2.20. The topological polar surface area (TPSA) is 115 Å². The number of carboxylic acids is 1. The molecule has 0 aliphatic heterocycles. The van der Waals surface area contributed by atoms with E-state index in [1.165, 1.54) is 30.5 Å². The van der Waals surface area contributed by atoms with Crippen molar-refractivity contribution in [3.8, 4) is 17.4 Å². The molecule has 1 aromatic carbocycles. The van der Waals surface area contributed by atoms with Crippen molar-refractivity contribution in [1.82, 2.24) is 9.88 Å². The molecule has 1 heterocycles. The highest BCUT2D eigenvalue weighted by molar-refractivity contribution is 5.88. The number of nitrogens with zero attached hydrogens (tertiary/aromatic N) is 3. The van der Waals surface area contributed by atoms with E-state index < -0.39 is 10.9 Å². The van der Waals surface area contributed by atoms with Gasteiger partial charge in [0.2, 0.25) is 0 Å². The Kier molecular flexibility index (Phi) is 6.07. The lowest BCUT2D eigenvalue weighted by Crippen LogP contribution is -2.19. The zero-order chi connectivity index (χ0) is 19.3. The first kappa shape index (κ1) is 19.1. The second-order valence-corrected chi connectivity index (χ2v) is 5.81. The van der Waals surface area contributed by atoms with Crippen molar-refractivity contribution >= 4 is 11.7 Å². The van der Waals surface area contributed by atoms with Crippen LogP contribution in [0.15, 0.2) is 30.5 Å². The van der Waals surface area contributed by atoms with Crippen LogP contribution < -0.4 is 9.47 Å². The first-order valence-electron chi connectivity index (χ1n) is 7.71. The molecule has 1 N–H and O–H groups in total. The molecule has 0 amide bonds. The minimum atomic E-state index is -1.12. The van der Waals surface area contributed by atoms with Crippen molar-refractivity contribution in [2.45, 2.75) is 6.92 Å². The van der Waals surface area contributed by atoms with E-state index in [2.05, 4.69) is 4.98 Å². The van der Waals surface area contributed by atoms with Crippen LogP contribution in [-0.2, 0) is 0 Å². The lowest BCUT2D eigenvalue weighted by Gasteiger charge is -2.15. The van der Waals surface area contributed by atoms with Gasteiger partial charge in [-0.1, -0.05) is 0 Å². The van der Waals surface area contributed by atoms with Crippen LogP contribution in [0.5, 0.6) is 17.4 Å². The molecule has 0 aliphatic rings. The Bertz CT molecular complexity index is 822. The van der Waals surface area contributed by atoms with E-state index in [1.54, 1.807) is 6.92 Å². The van der Waals surface area contributed by atoms with Crippen LogP contribution in [0.4, 0.5) is 5.69 Å². The van der Waals surface area contributed by atoms with Gasteiger partial charge < -0.3 is 19.5 Å². The minimum absolute atomic E-state index is 0.0172. The fourth-order valence-electron chi connectivity index (χ4n) is 2.03. The SMILES string of the molecule is Cc1cnc(Oc2ccc(C(=O)O)cc2OCCN(C)C)c([N+](=O)[O-])c1. The summed E-state index contributed by atoms with van der Waals surface area (Å²) in [6, 6.07) is 5.38. The van der Waals surface area contributed by atoms with Gasteiger partial charge in [0.1, 0.15) is 6.61 Å². The number of ether oxygens (including phenoxy) is 2. The highest BCUT2D eigenvalue weighted by atomic mass is 16.6. The maximum Gasteiger partial charge on any atom is 0.335 e. The number of benzene rings is 1. The van der Waals surface area contributed by atoms with Gasteiger partial charge in [0, 0.05) is 18.8 Å². The van der Waals surface area contributed by atoms with Gasteiger partial charge in [-0.3, -0.25) is 10.1 Å². The zero-order valence-corrected chi connectivity index (χ0v) is 14.6. The van der Waals surface area contributed by atoms with Crippen molar-refractivity contribution in [2.24, 2.45) is 0 Å². The van der Waals surface area contributed by atoms with E-state index in [-0.39, 0.29) is 35.2 Å². The van der Waals surface area contributed by atoms with Crippen LogP contribution in [-0.4, -0.2) is 53.1 Å². The Balaban J connectivity index is 2.36. The zero-order valence-electron chi connectivity index (χ0n) is 14.6. The number of aryl methyl sites for hydroxylation is 1. The summed E-state index contributed by atoms with van der Waals surface area (Å²) in [6.07, 6.45) is 1.44. The predicted octanol–water partition coefficient (Wildman–Crippen LogP) is 2.73. The van der Waals surface area contributed by atoms with Gasteiger partial charge in [-0.05, 0) is 44.8 Å². The molecule has 0 fully saturated rings. The van der Waals surface area contributed by atoms with Gasteiger partial charge in [0.25, 0.3) is 5.88 Å². The summed E-state index contributed by atoms with van der Waals surface area (Å²) >= 11 is 0. The summed E-state index contributed by atoms with van der Waals surface area (Å²) in [4.78, 5) is 27.7. The largest absolute Gasteiger partial charge is 0.488 e. The number of carboxylic acid groups (broad SMARTS) is 1. The quantitative estimate of drug-likeness (QED) is 0.564. The van der Waals surface area contributed by atoms with Crippen molar-refractivity contribution in [1.29, 1.82) is 0 Å². The number of carbonyl (C=O) groups is 1. The van der Waals surface area contributed by atoms with E-state index in [0.29, 0.717) is 12.1 Å². The third-order valence-electron chi connectivity index (χ3n) is 3.36. The molecule has 26 heavy (non-hydrogen) atoms. The summed E-state index contributed by atoms with van der Waals surface area (Å²) in [6.45, 7) is 2.57. The molecule has 1 aromatic heterocycles. The average molecular weight is 361 g/mol. The van der Waals surface area contributed by atoms with Crippen molar-refractivity contribution in [2.75, 3.05) is 27.2 Å². The molecular weight excluding hydrogens is 342 g/mol. The van der Waals surface area contributed by atoms with Gasteiger partial charge in [-0.15, -0.1) is 0 Å². The van der Waals surface area contributed by atoms with Crippen LogP contribution >= 0.6 is 0 Å². The number of rotatable bonds is 8. The summed E-state index contributed by atoms with van der Waals surface area (Å²) < 4.78 is 11.2. The maximum atomic E-state index is 11.2. The average Bonchev–Trinajstić information content (AvgIpc) is 2.57. The Hall–Kier alpha value is -3.20. The fraction of sp³-hybridized carbons (Fsp3) is 0.294. The summed E-state index contributed by atoms with van der Waals surface area (Å²) in [5, 5.41) is 20.4. The third-order valence-corrected chi connectivity index (χ3v) is 3.36. The molecule has 9 nitrogen and oxygen atoms in total. The second-order valence-electron chi connectivity index (χ2n) is 5.81. The van der Waals surface area contributed by atoms with Crippen LogP contribution in [0.1, 0.15) is 15.9 Å². The monoisotopic (exact) mass is 361 g/mol. The molecule has 2 rings (SSSR count). The first-order chi connectivity index (χ1) is 12.3. The van der Waals surface area contributed by atoms with Gasteiger partial charge in [0.15, 0.2) is 11.5 Å². The highest BCUT2D eigenvalue weighted by Crippen LogP contribution is 2.35. The molecule has 0 radical (unpaired) electrons. The van der Waals surface area contributed by atoms with Crippen molar-refractivity contribution in [3.05, 3.63) is 51.7 Å². The molecule has 0 aliphatic carbocycles. The van der Waals surface area contributed by atoms with Crippen LogP contribution in [0.2, 0.25) is 0 Å². The number of hydrogen-bond donors (Lipinski definition) is 1. The van der Waals surface area contributed by atoms with Crippen LogP contribution in [0.3, 0.4) is 0 Å². The smallest absolute Gasteiger partial charge is 0.335 e. The van der Waals surface area contributed by atoms with Crippen molar-refractivity contribution < 1.29 is 24.3 Å². The number of aromatic nitrogens is 1. The fourth-order valence-corrected chi connectivity index (χ4v) is 2.03. The first-order valence-corrected chi connectivity index (χ1v) is 7.71. The molecule has 138 valence electrons. The lowest BCUT2D eigenvalue weighted by atomic mass is 10.2. The van der Waals surface area contributed by atoms with Crippen LogP contribution in [0.25, 0.3) is 0 Å². The summed E-state index contributed by atoms with van der Waals surface area (Å²) in [7, 11) is 3.74. The lowest BCUT2D eigenvalue weighted by molar-refractivity contribution is -0.386. The summed E-state index contributed by atoms with van der Waals surface area (Å²) in [5.41, 5.74) is 0.350. The molecule has 0 atom stereocenters. The van der Waals surface area contributed by atoms with E-state index in [9.17, 15) is 14.9 Å². The molecule has 0 saturated carbocycles. The third kappa shape index (κ3) is 4.90. The van der Waals surface area contributed by atoms with Crippen LogP contribution in [0, 0.1) is 17.0 Å². The molecule has 0 saturated heterocycles. The van der Waals surface area contributed by atoms with E-state index in [1.807, 2.05) is 19.0 Å². The van der Waals surface area contributed by atoms with Gasteiger partial charge >= 0.3 is 11.7 Å². The Morgan fingerprint density at radius 3 is 2.65 bits per heavy atom. The predicted molar refractivity (Wildman–Crippen MR) is 93.2 cm³/mol. The standard InChI is InChI=1S/C17H19N3O6/c1-11-8-13(20(23)24)16(18-10-11)26-14-5-4-12(17(21)22)9-15(14)25-7-6-19(2)3/h4-5,8-10H,6-7H2,1-3H3,(H,21,22). The molecule has 0 bridgehead atoms. The molecular formula is C17H19N3O6. The number of hydrogen-bond acceptors (Lipinski definition) is 7. The molecule has 2 aromatic rings.